The Labute approximate surface area is 175 Å². The van der Waals surface area contributed by atoms with Crippen molar-refractivity contribution in [3.63, 3.8) is 0 Å². The van der Waals surface area contributed by atoms with Crippen molar-refractivity contribution in [1.29, 1.82) is 0 Å². The number of nitrogens with two attached hydrogens (primary N) is 1. The lowest BCUT2D eigenvalue weighted by atomic mass is 10.1. The number of anilines is 1. The molecule has 0 fully saturated rings. The summed E-state index contributed by atoms with van der Waals surface area (Å²) < 4.78 is 9.08. The molecule has 0 saturated carbocycles. The van der Waals surface area contributed by atoms with E-state index in [-0.39, 0.29) is 0 Å². The van der Waals surface area contributed by atoms with E-state index in [1.807, 2.05) is 65.2 Å². The number of aromatic nitrogens is 3. The number of halogens is 1. The molecular formula is C21H17BrN6O. The first-order chi connectivity index (χ1) is 14.2. The molecule has 1 atom stereocenters. The summed E-state index contributed by atoms with van der Waals surface area (Å²) in [6.45, 7) is 0.358. The van der Waals surface area contributed by atoms with E-state index in [4.69, 9.17) is 10.5 Å². The Hall–Kier alpha value is -3.39. The molecule has 3 heterocycles. The van der Waals surface area contributed by atoms with Gasteiger partial charge in [-0.25, -0.2) is 9.98 Å². The number of guanidine groups is 1. The van der Waals surface area contributed by atoms with Crippen molar-refractivity contribution in [3.8, 4) is 5.75 Å². The minimum atomic E-state index is -0.408. The lowest BCUT2D eigenvalue weighted by molar-refractivity contribution is 0.295. The SMILES string of the molecule is NC1=N[C@H](c2cc(Br)ccc2OCc2ccccn2)n2c(nc3ccccc32)N1. The molecule has 29 heavy (non-hydrogen) atoms. The van der Waals surface area contributed by atoms with E-state index < -0.39 is 6.17 Å². The largest absolute Gasteiger partial charge is 0.487 e. The summed E-state index contributed by atoms with van der Waals surface area (Å²) in [7, 11) is 0. The van der Waals surface area contributed by atoms with Gasteiger partial charge in [0.2, 0.25) is 5.95 Å². The fourth-order valence-electron chi connectivity index (χ4n) is 3.41. The molecule has 144 valence electrons. The topological polar surface area (TPSA) is 90.4 Å². The van der Waals surface area contributed by atoms with E-state index in [1.54, 1.807) is 6.20 Å². The fraction of sp³-hybridized carbons (Fsp3) is 0.0952. The third-order valence-electron chi connectivity index (χ3n) is 4.69. The van der Waals surface area contributed by atoms with Gasteiger partial charge in [0.15, 0.2) is 12.1 Å². The Balaban J connectivity index is 1.60. The third kappa shape index (κ3) is 3.31. The van der Waals surface area contributed by atoms with Crippen molar-refractivity contribution >= 4 is 38.9 Å². The summed E-state index contributed by atoms with van der Waals surface area (Å²) in [4.78, 5) is 13.6. The highest BCUT2D eigenvalue weighted by molar-refractivity contribution is 9.10. The van der Waals surface area contributed by atoms with Gasteiger partial charge >= 0.3 is 0 Å². The normalized spacial score (nSPS) is 15.5. The maximum atomic E-state index is 6.12. The highest BCUT2D eigenvalue weighted by Crippen LogP contribution is 2.37. The minimum Gasteiger partial charge on any atom is -0.487 e. The maximum absolute atomic E-state index is 6.12. The zero-order valence-electron chi connectivity index (χ0n) is 15.3. The van der Waals surface area contributed by atoms with Crippen LogP contribution < -0.4 is 15.8 Å². The number of hydrogen-bond donors (Lipinski definition) is 2. The number of nitrogens with zero attached hydrogens (tertiary/aromatic N) is 4. The van der Waals surface area contributed by atoms with E-state index in [2.05, 4.69) is 36.2 Å². The van der Waals surface area contributed by atoms with E-state index in [9.17, 15) is 0 Å². The van der Waals surface area contributed by atoms with Gasteiger partial charge < -0.3 is 10.5 Å². The molecular weight excluding hydrogens is 432 g/mol. The highest BCUT2D eigenvalue weighted by Gasteiger charge is 2.27. The first-order valence-corrected chi connectivity index (χ1v) is 9.88. The van der Waals surface area contributed by atoms with Crippen LogP contribution in [0, 0.1) is 0 Å². The molecule has 0 spiro atoms. The number of aliphatic imine (C=N–C) groups is 1. The summed E-state index contributed by atoms with van der Waals surface area (Å²) in [6.07, 6.45) is 1.35. The summed E-state index contributed by atoms with van der Waals surface area (Å²) in [5, 5.41) is 3.06. The molecule has 0 saturated heterocycles. The van der Waals surface area contributed by atoms with Gasteiger partial charge in [0.05, 0.1) is 16.7 Å². The first kappa shape index (κ1) is 17.7. The van der Waals surface area contributed by atoms with Crippen LogP contribution in [0.15, 0.2) is 76.3 Å². The number of pyridine rings is 1. The molecule has 0 amide bonds. The first-order valence-electron chi connectivity index (χ1n) is 9.08. The second-order valence-electron chi connectivity index (χ2n) is 6.60. The smallest absolute Gasteiger partial charge is 0.212 e. The van der Waals surface area contributed by atoms with Gasteiger partial charge in [0.25, 0.3) is 0 Å². The number of ether oxygens (including phenoxy) is 1. The van der Waals surface area contributed by atoms with Gasteiger partial charge in [-0.15, -0.1) is 0 Å². The lowest BCUT2D eigenvalue weighted by Gasteiger charge is -2.25. The van der Waals surface area contributed by atoms with Crippen LogP contribution in [0.1, 0.15) is 17.4 Å². The van der Waals surface area contributed by atoms with Crippen LogP contribution in [-0.4, -0.2) is 20.5 Å². The predicted molar refractivity (Wildman–Crippen MR) is 116 cm³/mol. The second-order valence-corrected chi connectivity index (χ2v) is 7.51. The number of hydrogen-bond acceptors (Lipinski definition) is 6. The maximum Gasteiger partial charge on any atom is 0.212 e. The summed E-state index contributed by atoms with van der Waals surface area (Å²) in [5.74, 6) is 1.68. The Morgan fingerprint density at radius 1 is 1.10 bits per heavy atom. The summed E-state index contributed by atoms with van der Waals surface area (Å²) in [6, 6.07) is 19.5. The molecule has 0 radical (unpaired) electrons. The minimum absolute atomic E-state index is 0.313. The van der Waals surface area contributed by atoms with E-state index in [1.165, 1.54) is 0 Å². The summed E-state index contributed by atoms with van der Waals surface area (Å²) in [5.41, 5.74) is 9.64. The van der Waals surface area contributed by atoms with Crippen LogP contribution in [0.4, 0.5) is 5.95 Å². The zero-order chi connectivity index (χ0) is 19.8. The number of imidazole rings is 1. The lowest BCUT2D eigenvalue weighted by Crippen LogP contribution is -2.31. The van der Waals surface area contributed by atoms with Crippen molar-refractivity contribution in [2.45, 2.75) is 12.8 Å². The van der Waals surface area contributed by atoms with Crippen LogP contribution in [0.25, 0.3) is 11.0 Å². The Morgan fingerprint density at radius 2 is 1.97 bits per heavy atom. The number of benzene rings is 2. The van der Waals surface area contributed by atoms with Crippen LogP contribution >= 0.6 is 15.9 Å². The van der Waals surface area contributed by atoms with Crippen molar-refractivity contribution < 1.29 is 4.74 Å². The Morgan fingerprint density at radius 3 is 2.83 bits per heavy atom. The fourth-order valence-corrected chi connectivity index (χ4v) is 3.79. The van der Waals surface area contributed by atoms with Crippen LogP contribution in [0.5, 0.6) is 5.75 Å². The molecule has 1 aliphatic heterocycles. The molecule has 2 aromatic heterocycles. The second kappa shape index (κ2) is 7.21. The number of nitrogens with one attached hydrogen (secondary N) is 1. The average molecular weight is 449 g/mol. The van der Waals surface area contributed by atoms with Gasteiger partial charge in [0, 0.05) is 16.2 Å². The molecule has 5 rings (SSSR count). The molecule has 4 aromatic rings. The summed E-state index contributed by atoms with van der Waals surface area (Å²) >= 11 is 3.57. The van der Waals surface area contributed by atoms with Gasteiger partial charge in [-0.2, -0.15) is 0 Å². The number of fused-ring (bicyclic) bond motifs is 3. The van der Waals surface area contributed by atoms with Crippen molar-refractivity contribution in [2.24, 2.45) is 10.7 Å². The van der Waals surface area contributed by atoms with E-state index >= 15 is 0 Å². The standard InChI is InChI=1S/C21H17BrN6O/c22-13-8-9-18(29-12-14-5-3-4-10-24-14)15(11-13)19-26-20(23)27-21-25-16-6-1-2-7-17(16)28(19)21/h1-11,19H,12H2,(H3,23,25,26,27)/t19-/m0/s1. The Kier molecular flexibility index (Phi) is 4.40. The molecule has 1 aliphatic rings. The van der Waals surface area contributed by atoms with Crippen molar-refractivity contribution in [3.05, 3.63) is 82.6 Å². The zero-order valence-corrected chi connectivity index (χ0v) is 16.9. The van der Waals surface area contributed by atoms with Gasteiger partial charge in [-0.3, -0.25) is 14.9 Å². The molecule has 0 aliphatic carbocycles. The molecule has 2 aromatic carbocycles. The quantitative estimate of drug-likeness (QED) is 0.491. The van der Waals surface area contributed by atoms with Gasteiger partial charge in [0.1, 0.15) is 12.4 Å². The van der Waals surface area contributed by atoms with E-state index in [0.717, 1.165) is 26.8 Å². The molecule has 0 bridgehead atoms. The average Bonchev–Trinajstić information content (AvgIpc) is 3.11. The van der Waals surface area contributed by atoms with Gasteiger partial charge in [-0.05, 0) is 42.5 Å². The van der Waals surface area contributed by atoms with Crippen LogP contribution in [-0.2, 0) is 6.61 Å². The molecule has 8 heteroatoms. The molecule has 3 N–H and O–H groups in total. The van der Waals surface area contributed by atoms with Crippen LogP contribution in [0.3, 0.4) is 0 Å². The number of para-hydroxylation sites is 2. The van der Waals surface area contributed by atoms with Crippen molar-refractivity contribution in [2.75, 3.05) is 5.32 Å². The molecule has 0 unspecified atom stereocenters. The monoisotopic (exact) mass is 448 g/mol. The van der Waals surface area contributed by atoms with Crippen LogP contribution in [0.2, 0.25) is 0 Å². The van der Waals surface area contributed by atoms with Crippen molar-refractivity contribution in [1.82, 2.24) is 14.5 Å². The highest BCUT2D eigenvalue weighted by atomic mass is 79.9. The van der Waals surface area contributed by atoms with E-state index in [0.29, 0.717) is 24.3 Å². The number of rotatable bonds is 4. The molecule has 7 nitrogen and oxygen atoms in total. The van der Waals surface area contributed by atoms with Gasteiger partial charge in [-0.1, -0.05) is 34.1 Å². The predicted octanol–water partition coefficient (Wildman–Crippen LogP) is 4.06. The third-order valence-corrected chi connectivity index (χ3v) is 5.19. The Bertz CT molecular complexity index is 1220.